The fourth-order valence-electron chi connectivity index (χ4n) is 3.59. The minimum absolute atomic E-state index is 0.155. The Balaban J connectivity index is 1.76. The maximum Gasteiger partial charge on any atom is 0.318 e. The lowest BCUT2D eigenvalue weighted by molar-refractivity contribution is -0.151. The Hall–Kier alpha value is -3.94. The third kappa shape index (κ3) is 3.64. The zero-order valence-electron chi connectivity index (χ0n) is 18.0. The van der Waals surface area contributed by atoms with Crippen LogP contribution >= 0.6 is 0 Å². The number of rotatable bonds is 5. The first-order valence-corrected chi connectivity index (χ1v) is 10.2. The van der Waals surface area contributed by atoms with E-state index in [1.54, 1.807) is 29.9 Å². The molecule has 32 heavy (non-hydrogen) atoms. The number of nitrogens with one attached hydrogen (secondary N) is 1. The summed E-state index contributed by atoms with van der Waals surface area (Å²) in [7, 11) is 1.61. The Kier molecular flexibility index (Phi) is 5.30. The Morgan fingerprint density at radius 1 is 1.22 bits per heavy atom. The van der Waals surface area contributed by atoms with Crippen LogP contribution in [0.3, 0.4) is 0 Å². The molecule has 1 aliphatic rings. The van der Waals surface area contributed by atoms with E-state index in [2.05, 4.69) is 5.32 Å². The molecule has 2 N–H and O–H groups in total. The maximum absolute atomic E-state index is 13.0. The molecule has 1 amide bonds. The van der Waals surface area contributed by atoms with Gasteiger partial charge in [0.2, 0.25) is 5.91 Å². The molecule has 0 saturated carbocycles. The zero-order chi connectivity index (χ0) is 23.0. The van der Waals surface area contributed by atoms with Crippen molar-refractivity contribution in [2.75, 3.05) is 12.4 Å². The molecule has 0 spiro atoms. The van der Waals surface area contributed by atoms with E-state index in [0.29, 0.717) is 35.4 Å². The van der Waals surface area contributed by atoms with Crippen LogP contribution in [-0.2, 0) is 16.1 Å². The Bertz CT molecular complexity index is 1340. The number of anilines is 1. The van der Waals surface area contributed by atoms with Gasteiger partial charge in [-0.25, -0.2) is 4.98 Å². The highest BCUT2D eigenvalue weighted by molar-refractivity contribution is 6.08. The Morgan fingerprint density at radius 2 is 1.97 bits per heavy atom. The minimum atomic E-state index is -1.59. The number of amides is 1. The monoisotopic (exact) mass is 433 g/mol. The molecule has 3 aromatic rings. The van der Waals surface area contributed by atoms with Gasteiger partial charge in [-0.3, -0.25) is 19.0 Å². The van der Waals surface area contributed by atoms with Gasteiger partial charge in [-0.2, -0.15) is 0 Å². The summed E-state index contributed by atoms with van der Waals surface area (Å²) in [5.41, 5.74) is 0.864. The quantitative estimate of drug-likeness (QED) is 0.597. The number of benzene rings is 2. The molecular weight excluding hydrogens is 410 g/mol. The number of ether oxygens (including phenoxy) is 1. The lowest BCUT2D eigenvalue weighted by Gasteiger charge is -2.18. The molecule has 0 unspecified atom stereocenters. The van der Waals surface area contributed by atoms with Crippen LogP contribution in [0.25, 0.3) is 22.6 Å². The number of nitrogens with zero attached hydrogens (tertiary/aromatic N) is 2. The van der Waals surface area contributed by atoms with Crippen molar-refractivity contribution in [3.63, 3.8) is 0 Å². The highest BCUT2D eigenvalue weighted by Gasteiger charge is 2.36. The average molecular weight is 433 g/mol. The van der Waals surface area contributed by atoms with Crippen molar-refractivity contribution in [3.05, 3.63) is 64.2 Å². The highest BCUT2D eigenvalue weighted by atomic mass is 16.5. The van der Waals surface area contributed by atoms with E-state index in [1.807, 2.05) is 30.3 Å². The largest absolute Gasteiger partial charge is 0.496 e. The minimum Gasteiger partial charge on any atom is -0.496 e. The van der Waals surface area contributed by atoms with Crippen molar-refractivity contribution in [1.29, 1.82) is 0 Å². The molecule has 8 nitrogen and oxygen atoms in total. The van der Waals surface area contributed by atoms with E-state index in [0.717, 1.165) is 16.9 Å². The number of hydrogen-bond acceptors (Lipinski definition) is 5. The van der Waals surface area contributed by atoms with Crippen LogP contribution in [0.4, 0.5) is 5.69 Å². The molecule has 0 bridgehead atoms. The molecule has 1 aromatic heterocycles. The summed E-state index contributed by atoms with van der Waals surface area (Å²) in [6, 6.07) is 12.4. The number of carbonyl (C=O) groups is 2. The van der Waals surface area contributed by atoms with Crippen LogP contribution in [-0.4, -0.2) is 33.6 Å². The molecule has 4 rings (SSSR count). The molecule has 2 heterocycles. The normalized spacial score (nSPS) is 14.4. The summed E-state index contributed by atoms with van der Waals surface area (Å²) in [4.78, 5) is 41.5. The first kappa shape index (κ1) is 21.3. The SMILES string of the molecule is COc1ccccc1C=C1CCn2c1nc1cc(NC(=O)C(C)(C)C(=O)O)ccc1c2=O. The van der Waals surface area contributed by atoms with Crippen LogP contribution in [0, 0.1) is 5.41 Å². The van der Waals surface area contributed by atoms with Crippen LogP contribution in [0.5, 0.6) is 5.75 Å². The lowest BCUT2D eigenvalue weighted by atomic mass is 9.92. The number of methoxy groups -OCH3 is 1. The number of carboxylic acids is 1. The number of fused-ring (bicyclic) bond motifs is 2. The van der Waals surface area contributed by atoms with E-state index >= 15 is 0 Å². The van der Waals surface area contributed by atoms with E-state index in [-0.39, 0.29) is 5.56 Å². The van der Waals surface area contributed by atoms with Gasteiger partial charge in [0.1, 0.15) is 17.0 Å². The van der Waals surface area contributed by atoms with Gasteiger partial charge in [-0.05, 0) is 56.2 Å². The van der Waals surface area contributed by atoms with Gasteiger partial charge < -0.3 is 15.2 Å². The first-order chi connectivity index (χ1) is 15.2. The van der Waals surface area contributed by atoms with Crippen LogP contribution in [0.2, 0.25) is 0 Å². The number of para-hydroxylation sites is 1. The molecule has 2 aromatic carbocycles. The molecule has 0 radical (unpaired) electrons. The fraction of sp³-hybridized carbons (Fsp3) is 0.250. The van der Waals surface area contributed by atoms with Crippen molar-refractivity contribution in [2.24, 2.45) is 5.41 Å². The van der Waals surface area contributed by atoms with Gasteiger partial charge >= 0.3 is 5.97 Å². The second-order valence-electron chi connectivity index (χ2n) is 8.17. The number of aromatic nitrogens is 2. The Morgan fingerprint density at radius 3 is 2.69 bits per heavy atom. The number of allylic oxidation sites excluding steroid dienone is 1. The molecule has 0 aliphatic carbocycles. The smallest absolute Gasteiger partial charge is 0.318 e. The van der Waals surface area contributed by atoms with Crippen LogP contribution in [0.15, 0.2) is 47.3 Å². The van der Waals surface area contributed by atoms with Crippen molar-refractivity contribution in [3.8, 4) is 5.75 Å². The molecule has 1 aliphatic heterocycles. The van der Waals surface area contributed by atoms with Gasteiger partial charge in [-0.15, -0.1) is 0 Å². The highest BCUT2D eigenvalue weighted by Crippen LogP contribution is 2.31. The van der Waals surface area contributed by atoms with Gasteiger partial charge in [-0.1, -0.05) is 18.2 Å². The molecule has 8 heteroatoms. The third-order valence-electron chi connectivity index (χ3n) is 5.68. The topological polar surface area (TPSA) is 111 Å². The number of carboxylic acid groups (broad SMARTS) is 1. The molecule has 0 saturated heterocycles. The van der Waals surface area contributed by atoms with Crippen LogP contribution < -0.4 is 15.6 Å². The number of carbonyl (C=O) groups excluding carboxylic acids is 1. The van der Waals surface area contributed by atoms with Crippen molar-refractivity contribution < 1.29 is 19.4 Å². The standard InChI is InChI=1S/C24H23N3O5/c1-24(2,23(30)31)22(29)25-16-8-9-17-18(13-16)26-20-15(10-11-27(20)21(17)28)12-14-6-4-5-7-19(14)32-3/h4-9,12-13H,10-11H2,1-3H3,(H,25,29)(H,30,31). The molecule has 0 fully saturated rings. The summed E-state index contributed by atoms with van der Waals surface area (Å²) in [5.74, 6) is -0.578. The lowest BCUT2D eigenvalue weighted by Crippen LogP contribution is -2.37. The second-order valence-corrected chi connectivity index (χ2v) is 8.17. The molecule has 0 atom stereocenters. The van der Waals surface area contributed by atoms with E-state index < -0.39 is 17.3 Å². The maximum atomic E-state index is 13.0. The zero-order valence-corrected chi connectivity index (χ0v) is 18.0. The Labute approximate surface area is 184 Å². The summed E-state index contributed by atoms with van der Waals surface area (Å²) in [5, 5.41) is 12.3. The van der Waals surface area contributed by atoms with Gasteiger partial charge in [0.25, 0.3) is 5.56 Å². The van der Waals surface area contributed by atoms with E-state index in [1.165, 1.54) is 13.8 Å². The predicted octanol–water partition coefficient (Wildman–Crippen LogP) is 3.40. The van der Waals surface area contributed by atoms with E-state index in [4.69, 9.17) is 9.72 Å². The van der Waals surface area contributed by atoms with Crippen molar-refractivity contribution in [2.45, 2.75) is 26.8 Å². The van der Waals surface area contributed by atoms with Crippen LogP contribution in [0.1, 0.15) is 31.7 Å². The van der Waals surface area contributed by atoms with Gasteiger partial charge in [0, 0.05) is 17.8 Å². The number of hydrogen-bond donors (Lipinski definition) is 2. The summed E-state index contributed by atoms with van der Waals surface area (Å²) in [6.07, 6.45) is 2.63. The summed E-state index contributed by atoms with van der Waals surface area (Å²) >= 11 is 0. The van der Waals surface area contributed by atoms with Gasteiger partial charge in [0.15, 0.2) is 0 Å². The van der Waals surface area contributed by atoms with Crippen molar-refractivity contribution >= 4 is 40.1 Å². The second kappa shape index (κ2) is 7.96. The molecular formula is C24H23N3O5. The summed E-state index contributed by atoms with van der Waals surface area (Å²) in [6.45, 7) is 3.19. The first-order valence-electron chi connectivity index (χ1n) is 10.2. The average Bonchev–Trinajstić information content (AvgIpc) is 3.16. The van der Waals surface area contributed by atoms with E-state index in [9.17, 15) is 19.5 Å². The number of aliphatic carboxylic acids is 1. The van der Waals surface area contributed by atoms with Gasteiger partial charge in [0.05, 0.1) is 18.0 Å². The summed E-state index contributed by atoms with van der Waals surface area (Å²) < 4.78 is 7.07. The third-order valence-corrected chi connectivity index (χ3v) is 5.68. The fourth-order valence-corrected chi connectivity index (χ4v) is 3.59. The van der Waals surface area contributed by atoms with Crippen molar-refractivity contribution in [1.82, 2.24) is 9.55 Å². The predicted molar refractivity (Wildman–Crippen MR) is 122 cm³/mol. The molecule has 164 valence electrons.